The molecule has 2 aliphatic heterocycles. The van der Waals surface area contributed by atoms with Gasteiger partial charge in [0.2, 0.25) is 18.6 Å². The standard InChI is InChI=1S/C17H17N3O4/c21-17(9-12-3-4-14-15(8-12)23-11-22-14)20-7-5-13(10-20)24-16-2-1-6-18-19-16/h1-4,6,8,13H,5,7,9-11H2/t13-/m1/s1. The van der Waals surface area contributed by atoms with Crippen LogP contribution in [-0.2, 0) is 11.2 Å². The first-order chi connectivity index (χ1) is 11.8. The number of ether oxygens (including phenoxy) is 3. The largest absolute Gasteiger partial charge is 0.471 e. The third-order valence-corrected chi connectivity index (χ3v) is 4.13. The molecule has 0 N–H and O–H groups in total. The minimum Gasteiger partial charge on any atom is -0.471 e. The summed E-state index contributed by atoms with van der Waals surface area (Å²) in [5, 5.41) is 7.70. The summed E-state index contributed by atoms with van der Waals surface area (Å²) in [6.45, 7) is 1.49. The Hall–Kier alpha value is -2.83. The summed E-state index contributed by atoms with van der Waals surface area (Å²) in [5.41, 5.74) is 0.919. The first-order valence-electron chi connectivity index (χ1n) is 7.88. The van der Waals surface area contributed by atoms with Gasteiger partial charge in [-0.3, -0.25) is 4.79 Å². The Morgan fingerprint density at radius 1 is 1.29 bits per heavy atom. The summed E-state index contributed by atoms with van der Waals surface area (Å²) in [4.78, 5) is 14.3. The van der Waals surface area contributed by atoms with Gasteiger partial charge in [-0.05, 0) is 23.8 Å². The maximum Gasteiger partial charge on any atom is 0.233 e. The number of amides is 1. The van der Waals surface area contributed by atoms with Crippen LogP contribution in [0.3, 0.4) is 0 Å². The molecule has 1 fully saturated rings. The van der Waals surface area contributed by atoms with E-state index in [0.717, 1.165) is 17.7 Å². The van der Waals surface area contributed by atoms with E-state index >= 15 is 0 Å². The summed E-state index contributed by atoms with van der Waals surface area (Å²) in [6, 6.07) is 9.15. The summed E-state index contributed by atoms with van der Waals surface area (Å²) >= 11 is 0. The van der Waals surface area contributed by atoms with Crippen LogP contribution in [0.2, 0.25) is 0 Å². The summed E-state index contributed by atoms with van der Waals surface area (Å²) in [5.74, 6) is 2.00. The molecule has 2 aromatic rings. The van der Waals surface area contributed by atoms with Crippen molar-refractivity contribution in [1.82, 2.24) is 15.1 Å². The molecule has 1 amide bonds. The average molecular weight is 327 g/mol. The van der Waals surface area contributed by atoms with Crippen LogP contribution < -0.4 is 14.2 Å². The van der Waals surface area contributed by atoms with Gasteiger partial charge in [-0.15, -0.1) is 5.10 Å². The lowest BCUT2D eigenvalue weighted by Gasteiger charge is -2.17. The topological polar surface area (TPSA) is 73.8 Å². The molecule has 0 saturated carbocycles. The molecule has 124 valence electrons. The second kappa shape index (κ2) is 6.35. The van der Waals surface area contributed by atoms with Gasteiger partial charge < -0.3 is 19.1 Å². The van der Waals surface area contributed by atoms with Crippen molar-refractivity contribution in [2.24, 2.45) is 0 Å². The Morgan fingerprint density at radius 2 is 2.21 bits per heavy atom. The average Bonchev–Trinajstić information content (AvgIpc) is 3.24. The van der Waals surface area contributed by atoms with Gasteiger partial charge in [0.25, 0.3) is 0 Å². The molecule has 2 aliphatic rings. The fraction of sp³-hybridized carbons (Fsp3) is 0.353. The Balaban J connectivity index is 1.34. The number of aromatic nitrogens is 2. The van der Waals surface area contributed by atoms with Crippen molar-refractivity contribution in [3.05, 3.63) is 42.1 Å². The number of carbonyl (C=O) groups is 1. The van der Waals surface area contributed by atoms with Crippen molar-refractivity contribution in [2.45, 2.75) is 18.9 Å². The maximum atomic E-state index is 12.5. The van der Waals surface area contributed by atoms with Crippen LogP contribution in [0.1, 0.15) is 12.0 Å². The van der Waals surface area contributed by atoms with E-state index < -0.39 is 0 Å². The second-order valence-corrected chi connectivity index (χ2v) is 5.79. The van der Waals surface area contributed by atoms with Crippen molar-refractivity contribution >= 4 is 5.91 Å². The van der Waals surface area contributed by atoms with Crippen molar-refractivity contribution in [3.8, 4) is 17.4 Å². The number of likely N-dealkylation sites (tertiary alicyclic amines) is 1. The zero-order chi connectivity index (χ0) is 16.4. The highest BCUT2D eigenvalue weighted by Gasteiger charge is 2.28. The van der Waals surface area contributed by atoms with Gasteiger partial charge in [0, 0.05) is 25.2 Å². The van der Waals surface area contributed by atoms with Crippen LogP contribution in [0.5, 0.6) is 17.4 Å². The highest BCUT2D eigenvalue weighted by Crippen LogP contribution is 2.32. The van der Waals surface area contributed by atoms with Gasteiger partial charge >= 0.3 is 0 Å². The Morgan fingerprint density at radius 3 is 3.08 bits per heavy atom. The maximum absolute atomic E-state index is 12.5. The van der Waals surface area contributed by atoms with E-state index in [0.29, 0.717) is 31.1 Å². The quantitative estimate of drug-likeness (QED) is 0.846. The number of nitrogens with zero attached hydrogens (tertiary/aromatic N) is 3. The fourth-order valence-electron chi connectivity index (χ4n) is 2.91. The molecule has 0 bridgehead atoms. The van der Waals surface area contributed by atoms with E-state index in [1.807, 2.05) is 23.1 Å². The van der Waals surface area contributed by atoms with Gasteiger partial charge in [0.1, 0.15) is 6.10 Å². The number of benzene rings is 1. The molecule has 0 radical (unpaired) electrons. The molecular weight excluding hydrogens is 310 g/mol. The van der Waals surface area contributed by atoms with Gasteiger partial charge in [-0.1, -0.05) is 6.07 Å². The Kier molecular flexibility index (Phi) is 3.90. The second-order valence-electron chi connectivity index (χ2n) is 5.79. The summed E-state index contributed by atoms with van der Waals surface area (Å²) in [7, 11) is 0. The SMILES string of the molecule is O=C(Cc1ccc2c(c1)OCO2)N1CC[C@@H](Oc2cccnn2)C1. The van der Waals surface area contributed by atoms with E-state index in [1.165, 1.54) is 0 Å². The molecule has 3 heterocycles. The molecule has 1 aromatic carbocycles. The first-order valence-corrected chi connectivity index (χ1v) is 7.88. The first kappa shape index (κ1) is 14.7. The van der Waals surface area contributed by atoms with Gasteiger partial charge in [-0.25, -0.2) is 0 Å². The Labute approximate surface area is 139 Å². The molecule has 1 aromatic heterocycles. The minimum absolute atomic E-state index is 0.0394. The van der Waals surface area contributed by atoms with Crippen LogP contribution in [-0.4, -0.2) is 47.0 Å². The van der Waals surface area contributed by atoms with Crippen LogP contribution >= 0.6 is 0 Å². The van der Waals surface area contributed by atoms with Crippen molar-refractivity contribution < 1.29 is 19.0 Å². The lowest BCUT2D eigenvalue weighted by atomic mass is 10.1. The molecule has 4 rings (SSSR count). The highest BCUT2D eigenvalue weighted by atomic mass is 16.7. The van der Waals surface area contributed by atoms with E-state index in [4.69, 9.17) is 14.2 Å². The lowest BCUT2D eigenvalue weighted by molar-refractivity contribution is -0.129. The fourth-order valence-corrected chi connectivity index (χ4v) is 2.91. The van der Waals surface area contributed by atoms with Crippen LogP contribution in [0.25, 0.3) is 0 Å². The molecule has 7 heteroatoms. The molecular formula is C17H17N3O4. The van der Waals surface area contributed by atoms with Crippen LogP contribution in [0.15, 0.2) is 36.5 Å². The van der Waals surface area contributed by atoms with Gasteiger partial charge in [-0.2, -0.15) is 5.10 Å². The number of rotatable bonds is 4. The van der Waals surface area contributed by atoms with E-state index in [-0.39, 0.29) is 18.8 Å². The normalized spacial score (nSPS) is 18.7. The molecule has 24 heavy (non-hydrogen) atoms. The van der Waals surface area contributed by atoms with Crippen LogP contribution in [0, 0.1) is 0 Å². The predicted octanol–water partition coefficient (Wildman–Crippen LogP) is 1.43. The minimum atomic E-state index is -0.0394. The number of carbonyl (C=O) groups excluding carboxylic acids is 1. The van der Waals surface area contributed by atoms with Gasteiger partial charge in [0.05, 0.1) is 13.0 Å². The molecule has 1 saturated heterocycles. The zero-order valence-electron chi connectivity index (χ0n) is 13.1. The molecule has 1 atom stereocenters. The van der Waals surface area contributed by atoms with Crippen molar-refractivity contribution in [2.75, 3.05) is 19.9 Å². The molecule has 0 spiro atoms. The van der Waals surface area contributed by atoms with E-state index in [9.17, 15) is 4.79 Å². The van der Waals surface area contributed by atoms with E-state index in [1.54, 1.807) is 18.3 Å². The smallest absolute Gasteiger partial charge is 0.233 e. The highest BCUT2D eigenvalue weighted by molar-refractivity contribution is 5.79. The summed E-state index contributed by atoms with van der Waals surface area (Å²) in [6.07, 6.45) is 2.70. The lowest BCUT2D eigenvalue weighted by Crippen LogP contribution is -2.32. The monoisotopic (exact) mass is 327 g/mol. The number of hydrogen-bond donors (Lipinski definition) is 0. The van der Waals surface area contributed by atoms with Gasteiger partial charge in [0.15, 0.2) is 11.5 Å². The third-order valence-electron chi connectivity index (χ3n) is 4.13. The van der Waals surface area contributed by atoms with Crippen molar-refractivity contribution in [1.29, 1.82) is 0 Å². The zero-order valence-corrected chi connectivity index (χ0v) is 13.1. The van der Waals surface area contributed by atoms with E-state index in [2.05, 4.69) is 10.2 Å². The Bertz CT molecular complexity index is 738. The predicted molar refractivity (Wildman–Crippen MR) is 83.9 cm³/mol. The molecule has 0 unspecified atom stereocenters. The van der Waals surface area contributed by atoms with Crippen molar-refractivity contribution in [3.63, 3.8) is 0 Å². The van der Waals surface area contributed by atoms with Crippen LogP contribution in [0.4, 0.5) is 0 Å². The number of fused-ring (bicyclic) bond motifs is 1. The third kappa shape index (κ3) is 3.10. The number of hydrogen-bond acceptors (Lipinski definition) is 6. The molecule has 7 nitrogen and oxygen atoms in total. The summed E-state index contributed by atoms with van der Waals surface area (Å²) < 4.78 is 16.4. The molecule has 0 aliphatic carbocycles.